The number of carbonyl (C=O) groups excluding carboxylic acids is 1. The van der Waals surface area contributed by atoms with Crippen LogP contribution in [0.2, 0.25) is 0 Å². The molecule has 0 fully saturated rings. The highest BCUT2D eigenvalue weighted by Crippen LogP contribution is 2.42. The number of nitrogens with zero attached hydrogens (tertiary/aromatic N) is 2. The maximum atomic E-state index is 13.1. The molecule has 9 heteroatoms. The van der Waals surface area contributed by atoms with Crippen molar-refractivity contribution in [3.63, 3.8) is 0 Å². The highest BCUT2D eigenvalue weighted by Gasteiger charge is 2.60. The van der Waals surface area contributed by atoms with E-state index in [-0.39, 0.29) is 23.6 Å². The van der Waals surface area contributed by atoms with Gasteiger partial charge in [-0.05, 0) is 39.0 Å². The molecule has 26 heavy (non-hydrogen) atoms. The van der Waals surface area contributed by atoms with Crippen molar-refractivity contribution in [3.05, 3.63) is 41.0 Å². The van der Waals surface area contributed by atoms with E-state index in [9.17, 15) is 26.4 Å². The van der Waals surface area contributed by atoms with E-state index in [0.717, 1.165) is 28.8 Å². The first-order chi connectivity index (χ1) is 11.9. The molecular weight excluding hydrogens is 369 g/mol. The Morgan fingerprint density at radius 3 is 2.42 bits per heavy atom. The van der Waals surface area contributed by atoms with E-state index < -0.39 is 32.2 Å². The molecule has 0 N–H and O–H groups in total. The molecule has 0 bridgehead atoms. The molecular formula is C17H17F3N2O3S. The Balaban J connectivity index is 2.10. The summed E-state index contributed by atoms with van der Waals surface area (Å²) in [5.74, 6) is -1.10. The minimum absolute atomic E-state index is 0.0369. The Hall–Kier alpha value is -2.16. The van der Waals surface area contributed by atoms with Gasteiger partial charge in [0.2, 0.25) is 0 Å². The number of sulfone groups is 1. The summed E-state index contributed by atoms with van der Waals surface area (Å²) in [5.41, 5.74) is 0.476. The summed E-state index contributed by atoms with van der Waals surface area (Å²) in [7, 11) is -3.88. The van der Waals surface area contributed by atoms with E-state index in [1.165, 1.54) is 13.0 Å². The maximum absolute atomic E-state index is 13.1. The van der Waals surface area contributed by atoms with E-state index in [2.05, 4.69) is 5.10 Å². The van der Waals surface area contributed by atoms with Gasteiger partial charge in [0.25, 0.3) is 5.91 Å². The number of amides is 1. The third-order valence-corrected chi connectivity index (χ3v) is 7.46. The molecule has 0 aromatic heterocycles. The zero-order valence-electron chi connectivity index (χ0n) is 14.4. The number of hydrogen-bond acceptors (Lipinski definition) is 4. The second kappa shape index (κ2) is 5.67. The number of anilines is 1. The lowest BCUT2D eigenvalue weighted by Gasteiger charge is -2.33. The van der Waals surface area contributed by atoms with Gasteiger partial charge in [-0.1, -0.05) is 17.2 Å². The molecule has 2 aliphatic heterocycles. The van der Waals surface area contributed by atoms with Crippen LogP contribution in [0.15, 0.2) is 40.5 Å². The third-order valence-electron chi connectivity index (χ3n) is 4.97. The molecule has 2 aliphatic rings. The fourth-order valence-corrected chi connectivity index (χ4v) is 5.66. The van der Waals surface area contributed by atoms with Crippen molar-refractivity contribution in [2.24, 2.45) is 5.10 Å². The lowest BCUT2D eigenvalue weighted by Crippen LogP contribution is -2.55. The van der Waals surface area contributed by atoms with Crippen molar-refractivity contribution < 1.29 is 26.4 Å². The van der Waals surface area contributed by atoms with Gasteiger partial charge in [0, 0.05) is 6.42 Å². The third kappa shape index (κ3) is 2.56. The van der Waals surface area contributed by atoms with Gasteiger partial charge in [0.15, 0.2) is 14.6 Å². The van der Waals surface area contributed by atoms with Gasteiger partial charge in [-0.3, -0.25) is 4.79 Å². The first kappa shape index (κ1) is 18.6. The molecule has 0 radical (unpaired) electrons. The minimum Gasteiger partial charge on any atom is -0.270 e. The zero-order valence-corrected chi connectivity index (χ0v) is 15.2. The monoisotopic (exact) mass is 386 g/mol. The first-order valence-corrected chi connectivity index (χ1v) is 9.50. The largest absolute Gasteiger partial charge is 0.416 e. The van der Waals surface area contributed by atoms with Crippen LogP contribution >= 0.6 is 0 Å². The number of benzene rings is 1. The molecule has 1 aromatic carbocycles. The Morgan fingerprint density at radius 2 is 1.81 bits per heavy atom. The zero-order chi connectivity index (χ0) is 19.5. The van der Waals surface area contributed by atoms with Crippen LogP contribution in [0.25, 0.3) is 0 Å². The van der Waals surface area contributed by atoms with Crippen LogP contribution in [0.1, 0.15) is 32.8 Å². The Kier molecular flexibility index (Phi) is 4.06. The Morgan fingerprint density at radius 1 is 1.15 bits per heavy atom. The summed E-state index contributed by atoms with van der Waals surface area (Å²) < 4.78 is 62.7. The molecule has 2 heterocycles. The molecule has 1 spiro atoms. The molecule has 140 valence electrons. The fourth-order valence-electron chi connectivity index (χ4n) is 3.32. The summed E-state index contributed by atoms with van der Waals surface area (Å²) >= 11 is 0. The predicted molar refractivity (Wildman–Crippen MR) is 91.5 cm³/mol. The van der Waals surface area contributed by atoms with Gasteiger partial charge in [-0.25, -0.2) is 8.42 Å². The number of carbonyl (C=O) groups is 1. The number of halogens is 3. The van der Waals surface area contributed by atoms with Gasteiger partial charge < -0.3 is 0 Å². The number of alkyl halides is 3. The first-order valence-electron chi connectivity index (χ1n) is 7.85. The van der Waals surface area contributed by atoms with Gasteiger partial charge >= 0.3 is 6.18 Å². The minimum atomic E-state index is -4.58. The Bertz CT molecular complexity index is 964. The van der Waals surface area contributed by atoms with Crippen LogP contribution in [-0.4, -0.2) is 30.5 Å². The summed E-state index contributed by atoms with van der Waals surface area (Å²) in [4.78, 5) is 13.1. The van der Waals surface area contributed by atoms with Crippen molar-refractivity contribution in [1.82, 2.24) is 0 Å². The second-order valence-electron chi connectivity index (χ2n) is 6.67. The van der Waals surface area contributed by atoms with E-state index in [1.54, 1.807) is 13.8 Å². The normalized spacial score (nSPS) is 25.8. The average molecular weight is 386 g/mol. The molecule has 0 aliphatic carbocycles. The molecule has 1 atom stereocenters. The molecule has 1 amide bonds. The number of rotatable bonds is 1. The van der Waals surface area contributed by atoms with Crippen molar-refractivity contribution in [1.29, 1.82) is 0 Å². The van der Waals surface area contributed by atoms with Crippen molar-refractivity contribution >= 4 is 27.1 Å². The van der Waals surface area contributed by atoms with Crippen LogP contribution in [-0.2, 0) is 20.8 Å². The summed E-state index contributed by atoms with van der Waals surface area (Å²) in [6.45, 7) is 4.87. The summed E-state index contributed by atoms with van der Waals surface area (Å²) in [5, 5.41) is 4.80. The van der Waals surface area contributed by atoms with Crippen molar-refractivity contribution in [3.8, 4) is 0 Å². The smallest absolute Gasteiger partial charge is 0.270 e. The van der Waals surface area contributed by atoms with Gasteiger partial charge in [0.05, 0.1) is 22.7 Å². The highest BCUT2D eigenvalue weighted by molar-refractivity contribution is 7.94. The van der Waals surface area contributed by atoms with Crippen LogP contribution in [0, 0.1) is 0 Å². The van der Waals surface area contributed by atoms with Gasteiger partial charge in [-0.15, -0.1) is 0 Å². The van der Waals surface area contributed by atoms with Gasteiger partial charge in [-0.2, -0.15) is 23.3 Å². The van der Waals surface area contributed by atoms with Crippen LogP contribution < -0.4 is 5.01 Å². The fraction of sp³-hybridized carbons (Fsp3) is 0.412. The predicted octanol–water partition coefficient (Wildman–Crippen LogP) is 3.32. The molecule has 5 nitrogen and oxygen atoms in total. The highest BCUT2D eigenvalue weighted by atomic mass is 32.2. The second-order valence-corrected chi connectivity index (χ2v) is 8.89. The molecule has 3 rings (SSSR count). The topological polar surface area (TPSA) is 66.8 Å². The van der Waals surface area contributed by atoms with Gasteiger partial charge in [0.1, 0.15) is 0 Å². The SMILES string of the molecule is CC1=NN(c2cccc(C(F)(F)F)c2)C(=O)C12CC(C)=C(C)CS2(=O)=O. The van der Waals surface area contributed by atoms with Crippen LogP contribution in [0.3, 0.4) is 0 Å². The number of hydrogen-bond donors (Lipinski definition) is 0. The van der Waals surface area contributed by atoms with E-state index >= 15 is 0 Å². The lowest BCUT2D eigenvalue weighted by molar-refractivity contribution is -0.137. The standard InChI is InChI=1S/C17H17F3N2O3S/c1-10-8-16(26(24,25)9-11(10)2)12(3)21-22(15(16)23)14-6-4-5-13(7-14)17(18,19)20/h4-7H,8-9H2,1-3H3. The molecule has 0 saturated heterocycles. The van der Waals surface area contributed by atoms with Crippen molar-refractivity contribution in [2.75, 3.05) is 10.8 Å². The maximum Gasteiger partial charge on any atom is 0.416 e. The molecule has 1 aromatic rings. The van der Waals surface area contributed by atoms with E-state index in [0.29, 0.717) is 5.57 Å². The van der Waals surface area contributed by atoms with Crippen molar-refractivity contribution in [2.45, 2.75) is 38.1 Å². The number of hydrazone groups is 1. The van der Waals surface area contributed by atoms with Crippen LogP contribution in [0.4, 0.5) is 18.9 Å². The van der Waals surface area contributed by atoms with E-state index in [4.69, 9.17) is 0 Å². The quantitative estimate of drug-likeness (QED) is 0.696. The number of allylic oxidation sites excluding steroid dienone is 1. The Labute approximate surface area is 149 Å². The summed E-state index contributed by atoms with van der Waals surface area (Å²) in [6, 6.07) is 4.12. The van der Waals surface area contributed by atoms with E-state index in [1.807, 2.05) is 0 Å². The molecule has 0 saturated carbocycles. The van der Waals surface area contributed by atoms with Crippen LogP contribution in [0.5, 0.6) is 0 Å². The lowest BCUT2D eigenvalue weighted by atomic mass is 9.92. The summed E-state index contributed by atoms with van der Waals surface area (Å²) in [6.07, 6.45) is -4.62. The average Bonchev–Trinajstić information content (AvgIpc) is 2.78. The molecule has 1 unspecified atom stereocenters.